The van der Waals surface area contributed by atoms with Crippen LogP contribution in [0.3, 0.4) is 0 Å². The van der Waals surface area contributed by atoms with Crippen LogP contribution in [0.4, 0.5) is 13.2 Å². The van der Waals surface area contributed by atoms with Gasteiger partial charge in [-0.1, -0.05) is 40.6 Å². The highest BCUT2D eigenvalue weighted by atomic mass is 19.4. The summed E-state index contributed by atoms with van der Waals surface area (Å²) in [6.07, 6.45) is -2.79. The molecule has 0 spiro atoms. The average molecular weight is 421 g/mol. The van der Waals surface area contributed by atoms with Crippen molar-refractivity contribution in [1.29, 1.82) is 0 Å². The Morgan fingerprint density at radius 2 is 1.93 bits per heavy atom. The van der Waals surface area contributed by atoms with E-state index in [1.807, 2.05) is 19.1 Å². The standard InChI is InChI=1S/C21H22F3N3O3/c1-14-7-8-16(12-18(14)19(27-29-3)20(28)25-2)13-30-26-10-9-15-5-4-6-17(11-15)21(22,23)24/h4-8,10-12H,9,13H2,1-3H3,(H,25,28). The van der Waals surface area contributed by atoms with Gasteiger partial charge in [-0.3, -0.25) is 4.79 Å². The van der Waals surface area contributed by atoms with Crippen LogP contribution in [0.1, 0.15) is 27.8 Å². The van der Waals surface area contributed by atoms with Crippen LogP contribution in [0.5, 0.6) is 0 Å². The Morgan fingerprint density at radius 1 is 1.17 bits per heavy atom. The molecule has 0 fully saturated rings. The van der Waals surface area contributed by atoms with Crippen molar-refractivity contribution in [3.8, 4) is 0 Å². The number of aryl methyl sites for hydroxylation is 1. The number of oxime groups is 2. The third-order valence-electron chi connectivity index (χ3n) is 4.14. The van der Waals surface area contributed by atoms with E-state index in [2.05, 4.69) is 15.6 Å². The van der Waals surface area contributed by atoms with Gasteiger partial charge in [0.15, 0.2) is 5.71 Å². The Labute approximate surface area is 172 Å². The predicted octanol–water partition coefficient (Wildman–Crippen LogP) is 3.86. The second-order valence-corrected chi connectivity index (χ2v) is 6.31. The number of carbonyl (C=O) groups excluding carboxylic acids is 1. The molecule has 9 heteroatoms. The van der Waals surface area contributed by atoms with Crippen LogP contribution in [0, 0.1) is 6.92 Å². The van der Waals surface area contributed by atoms with E-state index in [0.29, 0.717) is 11.1 Å². The second kappa shape index (κ2) is 10.4. The summed E-state index contributed by atoms with van der Waals surface area (Å²) in [5.74, 6) is -0.392. The quantitative estimate of drug-likeness (QED) is 0.520. The maximum Gasteiger partial charge on any atom is 0.416 e. The van der Waals surface area contributed by atoms with Gasteiger partial charge < -0.3 is 15.0 Å². The first-order chi connectivity index (χ1) is 14.3. The smallest absolute Gasteiger partial charge is 0.398 e. The largest absolute Gasteiger partial charge is 0.416 e. The lowest BCUT2D eigenvalue weighted by atomic mass is 10.0. The Bertz CT molecular complexity index is 941. The van der Waals surface area contributed by atoms with Crippen LogP contribution >= 0.6 is 0 Å². The highest BCUT2D eigenvalue weighted by Crippen LogP contribution is 2.29. The first-order valence-corrected chi connectivity index (χ1v) is 8.99. The molecule has 1 amide bonds. The molecule has 2 rings (SSSR count). The first-order valence-electron chi connectivity index (χ1n) is 8.99. The van der Waals surface area contributed by atoms with E-state index >= 15 is 0 Å². The summed E-state index contributed by atoms with van der Waals surface area (Å²) in [4.78, 5) is 22.0. The molecule has 160 valence electrons. The highest BCUT2D eigenvalue weighted by molar-refractivity contribution is 6.45. The lowest BCUT2D eigenvalue weighted by Gasteiger charge is -2.10. The monoisotopic (exact) mass is 421 g/mol. The number of rotatable bonds is 8. The lowest BCUT2D eigenvalue weighted by Crippen LogP contribution is -2.29. The molecule has 6 nitrogen and oxygen atoms in total. The molecule has 0 saturated carbocycles. The van der Waals surface area contributed by atoms with Crippen molar-refractivity contribution in [2.75, 3.05) is 14.2 Å². The number of likely N-dealkylation sites (N-methyl/N-ethyl adjacent to an activating group) is 1. The predicted molar refractivity (Wildman–Crippen MR) is 107 cm³/mol. The summed E-state index contributed by atoms with van der Waals surface area (Å²) in [5, 5.41) is 10.1. The van der Waals surface area contributed by atoms with E-state index in [9.17, 15) is 18.0 Å². The van der Waals surface area contributed by atoms with Crippen LogP contribution < -0.4 is 5.32 Å². The van der Waals surface area contributed by atoms with Gasteiger partial charge in [-0.05, 0) is 35.7 Å². The fourth-order valence-corrected chi connectivity index (χ4v) is 2.62. The molecule has 1 N–H and O–H groups in total. The minimum absolute atomic E-state index is 0.111. The first kappa shape index (κ1) is 22.9. The van der Waals surface area contributed by atoms with E-state index in [1.54, 1.807) is 12.1 Å². The van der Waals surface area contributed by atoms with Gasteiger partial charge in [0.25, 0.3) is 5.91 Å². The summed E-state index contributed by atoms with van der Waals surface area (Å²) in [5.41, 5.74) is 2.05. The zero-order chi connectivity index (χ0) is 22.1. The van der Waals surface area contributed by atoms with Crippen molar-refractivity contribution in [3.05, 3.63) is 70.3 Å². The van der Waals surface area contributed by atoms with Crippen LogP contribution in [-0.2, 0) is 33.7 Å². The summed E-state index contributed by atoms with van der Waals surface area (Å²) in [7, 11) is 2.85. The van der Waals surface area contributed by atoms with Crippen LogP contribution in [0.2, 0.25) is 0 Å². The molecule has 0 bridgehead atoms. The number of carbonyl (C=O) groups is 1. The van der Waals surface area contributed by atoms with Crippen molar-refractivity contribution in [3.63, 3.8) is 0 Å². The Morgan fingerprint density at radius 3 is 2.60 bits per heavy atom. The SMILES string of the molecule is CNC(=O)C(=NOC)c1cc(CON=CCc2cccc(C(F)(F)F)c2)ccc1C. The van der Waals surface area contributed by atoms with Crippen molar-refractivity contribution >= 4 is 17.8 Å². The van der Waals surface area contributed by atoms with Gasteiger partial charge in [-0.2, -0.15) is 13.2 Å². The number of nitrogens with zero attached hydrogens (tertiary/aromatic N) is 2. The molecule has 0 atom stereocenters. The number of hydrogen-bond acceptors (Lipinski definition) is 5. The van der Waals surface area contributed by atoms with Crippen LogP contribution in [0.15, 0.2) is 52.8 Å². The minimum Gasteiger partial charge on any atom is -0.398 e. The van der Waals surface area contributed by atoms with Crippen LogP contribution in [0.25, 0.3) is 0 Å². The second-order valence-electron chi connectivity index (χ2n) is 6.31. The van der Waals surface area contributed by atoms with Gasteiger partial charge in [0.1, 0.15) is 13.7 Å². The molecule has 0 aliphatic carbocycles. The Balaban J connectivity index is 2.02. The van der Waals surface area contributed by atoms with Gasteiger partial charge >= 0.3 is 6.18 Å². The fourth-order valence-electron chi connectivity index (χ4n) is 2.62. The number of benzene rings is 2. The van der Waals surface area contributed by atoms with E-state index in [0.717, 1.165) is 23.3 Å². The third-order valence-corrected chi connectivity index (χ3v) is 4.14. The topological polar surface area (TPSA) is 72.3 Å². The molecule has 0 radical (unpaired) electrons. The molecule has 30 heavy (non-hydrogen) atoms. The number of halogens is 3. The van der Waals surface area contributed by atoms with E-state index in [-0.39, 0.29) is 18.7 Å². The molecule has 0 aromatic heterocycles. The van der Waals surface area contributed by atoms with Crippen molar-refractivity contribution in [1.82, 2.24) is 5.32 Å². The Kier molecular flexibility index (Phi) is 7.97. The Hall–Kier alpha value is -3.36. The normalized spacial score (nSPS) is 12.1. The highest BCUT2D eigenvalue weighted by Gasteiger charge is 2.30. The minimum atomic E-state index is -4.38. The number of alkyl halides is 3. The molecule has 0 heterocycles. The van der Waals surface area contributed by atoms with Gasteiger partial charge in [-0.15, -0.1) is 0 Å². The zero-order valence-electron chi connectivity index (χ0n) is 16.8. The molecular weight excluding hydrogens is 399 g/mol. The summed E-state index contributed by atoms with van der Waals surface area (Å²) < 4.78 is 38.2. The number of hydrogen-bond donors (Lipinski definition) is 1. The molecule has 0 aliphatic rings. The average Bonchev–Trinajstić information content (AvgIpc) is 2.72. The maximum atomic E-state index is 12.7. The van der Waals surface area contributed by atoms with Crippen molar-refractivity contribution < 1.29 is 27.6 Å². The lowest BCUT2D eigenvalue weighted by molar-refractivity contribution is -0.137. The molecule has 0 aliphatic heterocycles. The summed E-state index contributed by atoms with van der Waals surface area (Å²) >= 11 is 0. The van der Waals surface area contributed by atoms with Gasteiger partial charge in [0.05, 0.1) is 5.56 Å². The van der Waals surface area contributed by atoms with E-state index in [1.165, 1.54) is 26.4 Å². The number of amides is 1. The zero-order valence-corrected chi connectivity index (χ0v) is 16.8. The molecule has 2 aromatic rings. The molecule has 2 aromatic carbocycles. The molecule has 0 saturated heterocycles. The van der Waals surface area contributed by atoms with E-state index < -0.39 is 17.6 Å². The summed E-state index contributed by atoms with van der Waals surface area (Å²) in [6.45, 7) is 1.95. The van der Waals surface area contributed by atoms with Gasteiger partial charge in [0, 0.05) is 25.2 Å². The van der Waals surface area contributed by atoms with Crippen LogP contribution in [-0.4, -0.2) is 32.0 Å². The fraction of sp³-hybridized carbons (Fsp3) is 0.286. The van der Waals surface area contributed by atoms with E-state index in [4.69, 9.17) is 9.68 Å². The molecule has 0 unspecified atom stereocenters. The van der Waals surface area contributed by atoms with Crippen molar-refractivity contribution in [2.45, 2.75) is 26.1 Å². The molecular formula is C21H22F3N3O3. The van der Waals surface area contributed by atoms with Gasteiger partial charge in [-0.25, -0.2) is 0 Å². The third kappa shape index (κ3) is 6.33. The number of nitrogens with one attached hydrogen (secondary N) is 1. The maximum absolute atomic E-state index is 12.7. The van der Waals surface area contributed by atoms with Crippen molar-refractivity contribution in [2.24, 2.45) is 10.3 Å². The summed E-state index contributed by atoms with van der Waals surface area (Å²) in [6, 6.07) is 10.4. The van der Waals surface area contributed by atoms with Gasteiger partial charge in [0.2, 0.25) is 0 Å².